The van der Waals surface area contributed by atoms with E-state index in [0.29, 0.717) is 21.5 Å². The zero-order chi connectivity index (χ0) is 20.8. The molecule has 0 aliphatic carbocycles. The van der Waals surface area contributed by atoms with Crippen molar-refractivity contribution in [2.24, 2.45) is 5.10 Å². The zero-order valence-corrected chi connectivity index (χ0v) is 17.2. The summed E-state index contributed by atoms with van der Waals surface area (Å²) < 4.78 is 16.3. The van der Waals surface area contributed by atoms with E-state index in [2.05, 4.69) is 26.5 Å². The van der Waals surface area contributed by atoms with Crippen LogP contribution in [0.2, 0.25) is 0 Å². The lowest BCUT2D eigenvalue weighted by molar-refractivity contribution is 0.0729. The summed E-state index contributed by atoms with van der Waals surface area (Å²) in [6.07, 6.45) is 1.43. The molecule has 7 nitrogen and oxygen atoms in total. The molecular formula is C21H17BrN2O5. The van der Waals surface area contributed by atoms with Gasteiger partial charge in [-0.3, -0.25) is 4.79 Å². The van der Waals surface area contributed by atoms with Crippen LogP contribution in [0.25, 0.3) is 0 Å². The third-order valence-electron chi connectivity index (χ3n) is 3.85. The number of ether oxygens (including phenoxy) is 2. The lowest BCUT2D eigenvalue weighted by atomic mass is 10.1. The fourth-order valence-electron chi connectivity index (χ4n) is 2.35. The van der Waals surface area contributed by atoms with Gasteiger partial charge in [-0.25, -0.2) is 10.2 Å². The fraction of sp³-hybridized carbons (Fsp3) is 0.0952. The molecule has 0 aliphatic heterocycles. The molecule has 0 fully saturated rings. The zero-order valence-electron chi connectivity index (χ0n) is 15.6. The molecule has 29 heavy (non-hydrogen) atoms. The predicted octanol–water partition coefficient (Wildman–Crippen LogP) is 4.34. The summed E-state index contributed by atoms with van der Waals surface area (Å²) in [7, 11) is 1.47. The molecule has 1 N–H and O–H groups in total. The molecule has 1 amide bonds. The molecule has 1 aromatic heterocycles. The summed E-state index contributed by atoms with van der Waals surface area (Å²) >= 11 is 3.13. The second-order valence-corrected chi connectivity index (χ2v) is 6.75. The Kier molecular flexibility index (Phi) is 6.46. The molecule has 0 atom stereocenters. The van der Waals surface area contributed by atoms with Gasteiger partial charge in [-0.15, -0.1) is 0 Å². The Hall–Kier alpha value is -3.39. The van der Waals surface area contributed by atoms with Crippen LogP contribution in [-0.4, -0.2) is 25.2 Å². The number of carbonyl (C=O) groups is 2. The minimum atomic E-state index is -0.485. The summed E-state index contributed by atoms with van der Waals surface area (Å²) in [5.74, 6) is -0.204. The van der Waals surface area contributed by atoms with Gasteiger partial charge in [0.15, 0.2) is 21.9 Å². The SMILES string of the molecule is COc1cc(/C=N/NC(=O)c2ccc(Br)o2)ccc1OC(=O)c1ccc(C)cc1. The van der Waals surface area contributed by atoms with Crippen molar-refractivity contribution in [3.8, 4) is 11.5 Å². The van der Waals surface area contributed by atoms with Gasteiger partial charge in [-0.2, -0.15) is 5.10 Å². The molecule has 148 valence electrons. The first kappa shape index (κ1) is 20.3. The van der Waals surface area contributed by atoms with E-state index in [-0.39, 0.29) is 11.5 Å². The van der Waals surface area contributed by atoms with E-state index < -0.39 is 11.9 Å². The fourth-order valence-corrected chi connectivity index (χ4v) is 2.66. The number of rotatable bonds is 6. The van der Waals surface area contributed by atoms with Crippen molar-refractivity contribution in [3.63, 3.8) is 0 Å². The number of nitrogens with zero attached hydrogens (tertiary/aromatic N) is 1. The number of hydrogen-bond acceptors (Lipinski definition) is 6. The van der Waals surface area contributed by atoms with Crippen molar-refractivity contribution in [2.75, 3.05) is 7.11 Å². The molecule has 0 aliphatic rings. The van der Waals surface area contributed by atoms with E-state index in [1.807, 2.05) is 19.1 Å². The molecule has 0 bridgehead atoms. The van der Waals surface area contributed by atoms with Crippen LogP contribution in [0.5, 0.6) is 11.5 Å². The van der Waals surface area contributed by atoms with Gasteiger partial charge in [0.2, 0.25) is 0 Å². The molecule has 0 saturated carbocycles. The van der Waals surface area contributed by atoms with E-state index >= 15 is 0 Å². The minimum Gasteiger partial charge on any atom is -0.493 e. The number of halogens is 1. The number of benzene rings is 2. The number of methoxy groups -OCH3 is 1. The molecule has 0 saturated heterocycles. The number of hydrogen-bond donors (Lipinski definition) is 1. The van der Waals surface area contributed by atoms with Crippen molar-refractivity contribution < 1.29 is 23.5 Å². The van der Waals surface area contributed by atoms with Crippen LogP contribution < -0.4 is 14.9 Å². The van der Waals surface area contributed by atoms with Crippen LogP contribution in [0.15, 0.2) is 68.8 Å². The molecule has 0 unspecified atom stereocenters. The lowest BCUT2D eigenvalue weighted by Crippen LogP contribution is -2.16. The molecule has 3 rings (SSSR count). The van der Waals surface area contributed by atoms with Crippen LogP contribution in [-0.2, 0) is 0 Å². The van der Waals surface area contributed by atoms with Crippen molar-refractivity contribution in [1.29, 1.82) is 0 Å². The number of hydrazone groups is 1. The summed E-state index contributed by atoms with van der Waals surface area (Å²) in [4.78, 5) is 24.2. The maximum Gasteiger partial charge on any atom is 0.343 e. The summed E-state index contributed by atoms with van der Waals surface area (Å²) in [5.41, 5.74) is 4.49. The largest absolute Gasteiger partial charge is 0.493 e. The maximum atomic E-state index is 12.3. The monoisotopic (exact) mass is 456 g/mol. The van der Waals surface area contributed by atoms with Crippen molar-refractivity contribution in [3.05, 3.63) is 81.7 Å². The van der Waals surface area contributed by atoms with Crippen LogP contribution >= 0.6 is 15.9 Å². The molecule has 0 spiro atoms. The highest BCUT2D eigenvalue weighted by atomic mass is 79.9. The Labute approximate surface area is 175 Å². The maximum absolute atomic E-state index is 12.3. The van der Waals surface area contributed by atoms with Crippen LogP contribution in [0.1, 0.15) is 32.0 Å². The number of aryl methyl sites for hydroxylation is 1. The van der Waals surface area contributed by atoms with Crippen molar-refractivity contribution in [2.45, 2.75) is 6.92 Å². The van der Waals surface area contributed by atoms with Gasteiger partial charge < -0.3 is 13.9 Å². The average molecular weight is 457 g/mol. The Bertz CT molecular complexity index is 1060. The van der Waals surface area contributed by atoms with E-state index in [4.69, 9.17) is 13.9 Å². The van der Waals surface area contributed by atoms with Crippen LogP contribution in [0, 0.1) is 6.92 Å². The predicted molar refractivity (Wildman–Crippen MR) is 111 cm³/mol. The highest BCUT2D eigenvalue weighted by Gasteiger charge is 2.13. The average Bonchev–Trinajstić information content (AvgIpc) is 3.15. The number of nitrogens with one attached hydrogen (secondary N) is 1. The van der Waals surface area contributed by atoms with Gasteiger partial charge in [0.1, 0.15) is 0 Å². The van der Waals surface area contributed by atoms with E-state index in [1.165, 1.54) is 19.4 Å². The van der Waals surface area contributed by atoms with Gasteiger partial charge in [0.05, 0.1) is 18.9 Å². The first-order valence-corrected chi connectivity index (χ1v) is 9.31. The number of carbonyl (C=O) groups excluding carboxylic acids is 2. The van der Waals surface area contributed by atoms with Gasteiger partial charge in [0.25, 0.3) is 0 Å². The highest BCUT2D eigenvalue weighted by Crippen LogP contribution is 2.28. The molecule has 8 heteroatoms. The second-order valence-electron chi connectivity index (χ2n) is 5.97. The molecular weight excluding hydrogens is 440 g/mol. The third-order valence-corrected chi connectivity index (χ3v) is 4.28. The van der Waals surface area contributed by atoms with E-state index in [9.17, 15) is 9.59 Å². The van der Waals surface area contributed by atoms with Gasteiger partial charge in [0, 0.05) is 0 Å². The van der Waals surface area contributed by atoms with Crippen LogP contribution in [0.4, 0.5) is 0 Å². The Balaban J connectivity index is 1.67. The normalized spacial score (nSPS) is 10.7. The minimum absolute atomic E-state index is 0.130. The Morgan fingerprint density at radius 2 is 1.83 bits per heavy atom. The topological polar surface area (TPSA) is 90.1 Å². The standard InChI is InChI=1S/C21H17BrN2O5/c1-13-3-6-15(7-4-13)21(26)29-16-8-5-14(11-18(16)27-2)12-23-24-20(25)17-9-10-19(22)28-17/h3-12H,1-2H3,(H,24,25)/b23-12+. The highest BCUT2D eigenvalue weighted by molar-refractivity contribution is 9.10. The second kappa shape index (κ2) is 9.20. The molecule has 2 aromatic carbocycles. The first-order valence-electron chi connectivity index (χ1n) is 8.52. The summed E-state index contributed by atoms with van der Waals surface area (Å²) in [6, 6.07) is 15.1. The van der Waals surface area contributed by atoms with Gasteiger partial charge in [-0.1, -0.05) is 17.7 Å². The molecule has 0 radical (unpaired) electrons. The van der Waals surface area contributed by atoms with E-state index in [0.717, 1.165) is 5.56 Å². The molecule has 3 aromatic rings. The Morgan fingerprint density at radius 3 is 2.48 bits per heavy atom. The van der Waals surface area contributed by atoms with Crippen molar-refractivity contribution in [1.82, 2.24) is 5.43 Å². The lowest BCUT2D eigenvalue weighted by Gasteiger charge is -2.10. The van der Waals surface area contributed by atoms with E-state index in [1.54, 1.807) is 36.4 Å². The number of furan rings is 1. The smallest absolute Gasteiger partial charge is 0.343 e. The van der Waals surface area contributed by atoms with Gasteiger partial charge in [-0.05, 0) is 70.9 Å². The summed E-state index contributed by atoms with van der Waals surface area (Å²) in [5, 5.41) is 3.89. The molecule has 1 heterocycles. The quantitative estimate of drug-likeness (QED) is 0.257. The number of amides is 1. The third kappa shape index (κ3) is 5.32. The first-order chi connectivity index (χ1) is 14.0. The number of esters is 1. The summed E-state index contributed by atoms with van der Waals surface area (Å²) in [6.45, 7) is 1.94. The van der Waals surface area contributed by atoms with Crippen LogP contribution in [0.3, 0.4) is 0 Å². The Morgan fingerprint density at radius 1 is 1.07 bits per heavy atom. The van der Waals surface area contributed by atoms with Crippen molar-refractivity contribution >= 4 is 34.0 Å². The van der Waals surface area contributed by atoms with Gasteiger partial charge >= 0.3 is 11.9 Å².